The molecule has 4 atom stereocenters. The van der Waals surface area contributed by atoms with E-state index < -0.39 is 6.17 Å². The molecule has 0 aromatic carbocycles. The van der Waals surface area contributed by atoms with Gasteiger partial charge >= 0.3 is 0 Å². The van der Waals surface area contributed by atoms with Crippen LogP contribution in [0.2, 0.25) is 0 Å². The molecule has 0 fully saturated rings. The molecule has 0 nitrogen and oxygen atoms in total. The highest BCUT2D eigenvalue weighted by atomic mass is 19.1. The Labute approximate surface area is 101 Å². The van der Waals surface area contributed by atoms with Crippen molar-refractivity contribution in [3.8, 4) is 0 Å². The van der Waals surface area contributed by atoms with Crippen LogP contribution in [0, 0.1) is 23.7 Å². The molecule has 0 aliphatic rings. The molecule has 96 valence electrons. The van der Waals surface area contributed by atoms with Crippen molar-refractivity contribution in [2.45, 2.75) is 60.6 Å². The van der Waals surface area contributed by atoms with Crippen molar-refractivity contribution in [3.05, 3.63) is 12.2 Å². The van der Waals surface area contributed by atoms with Crippen molar-refractivity contribution in [2.75, 3.05) is 0 Å². The summed E-state index contributed by atoms with van der Waals surface area (Å²) in [7, 11) is 0. The van der Waals surface area contributed by atoms with Crippen LogP contribution in [-0.4, -0.2) is 6.17 Å². The smallest absolute Gasteiger partial charge is 0.103 e. The van der Waals surface area contributed by atoms with Crippen molar-refractivity contribution in [1.82, 2.24) is 0 Å². The lowest BCUT2D eigenvalue weighted by Gasteiger charge is -2.25. The molecule has 0 aromatic heterocycles. The largest absolute Gasteiger partial charge is 0.247 e. The first-order valence-corrected chi connectivity index (χ1v) is 6.55. The number of allylic oxidation sites excluding steroid dienone is 1. The lowest BCUT2D eigenvalue weighted by atomic mass is 9.83. The molecular weight excluding hydrogens is 199 g/mol. The van der Waals surface area contributed by atoms with Gasteiger partial charge in [-0.1, -0.05) is 46.8 Å². The van der Waals surface area contributed by atoms with Crippen molar-refractivity contribution >= 4 is 0 Å². The SMILES string of the molecule is C=C(C)C(C)C(C)CC(F)C(C)CC(C)C. The van der Waals surface area contributed by atoms with Crippen molar-refractivity contribution in [3.63, 3.8) is 0 Å². The predicted octanol–water partition coefficient (Wildman–Crippen LogP) is 5.25. The number of halogens is 1. The summed E-state index contributed by atoms with van der Waals surface area (Å²) in [5, 5.41) is 0. The Bertz CT molecular complexity index is 207. The maximum Gasteiger partial charge on any atom is 0.103 e. The monoisotopic (exact) mass is 228 g/mol. The second kappa shape index (κ2) is 7.09. The third-order valence-electron chi connectivity index (χ3n) is 3.69. The molecule has 0 saturated heterocycles. The summed E-state index contributed by atoms with van der Waals surface area (Å²) >= 11 is 0. The van der Waals surface area contributed by atoms with E-state index in [1.165, 1.54) is 0 Å². The van der Waals surface area contributed by atoms with Gasteiger partial charge in [-0.15, -0.1) is 0 Å². The molecule has 16 heavy (non-hydrogen) atoms. The van der Waals surface area contributed by atoms with E-state index in [2.05, 4.69) is 34.3 Å². The average molecular weight is 228 g/mol. The van der Waals surface area contributed by atoms with Gasteiger partial charge in [0, 0.05) is 0 Å². The van der Waals surface area contributed by atoms with Gasteiger partial charge in [0.15, 0.2) is 0 Å². The minimum atomic E-state index is -0.667. The fourth-order valence-corrected chi connectivity index (χ4v) is 2.17. The van der Waals surface area contributed by atoms with Crippen LogP contribution in [0.4, 0.5) is 4.39 Å². The molecule has 0 saturated carbocycles. The minimum absolute atomic E-state index is 0.180. The molecule has 0 rings (SSSR count). The molecule has 1 heteroatoms. The first-order valence-electron chi connectivity index (χ1n) is 6.55. The summed E-state index contributed by atoms with van der Waals surface area (Å²) in [6.45, 7) is 16.6. The highest BCUT2D eigenvalue weighted by Gasteiger charge is 2.23. The Hall–Kier alpha value is -0.330. The Morgan fingerprint density at radius 2 is 1.50 bits per heavy atom. The molecule has 0 bridgehead atoms. The molecule has 0 spiro atoms. The summed E-state index contributed by atoms with van der Waals surface area (Å²) in [5.41, 5.74) is 1.16. The topological polar surface area (TPSA) is 0 Å². The normalized spacial score (nSPS) is 19.2. The van der Waals surface area contributed by atoms with E-state index in [-0.39, 0.29) is 5.92 Å². The van der Waals surface area contributed by atoms with Crippen molar-refractivity contribution < 1.29 is 4.39 Å². The van der Waals surface area contributed by atoms with Gasteiger partial charge in [0.2, 0.25) is 0 Å². The Balaban J connectivity index is 4.12. The third kappa shape index (κ3) is 5.67. The van der Waals surface area contributed by atoms with E-state index in [9.17, 15) is 4.39 Å². The quantitative estimate of drug-likeness (QED) is 0.522. The fraction of sp³-hybridized carbons (Fsp3) is 0.867. The van der Waals surface area contributed by atoms with Gasteiger partial charge in [0.25, 0.3) is 0 Å². The van der Waals surface area contributed by atoms with Gasteiger partial charge in [-0.3, -0.25) is 0 Å². The van der Waals surface area contributed by atoms with Crippen LogP contribution in [0.25, 0.3) is 0 Å². The Morgan fingerprint density at radius 1 is 1.00 bits per heavy atom. The summed E-state index contributed by atoms with van der Waals surface area (Å²) in [5.74, 6) is 1.58. The number of hydrogen-bond donors (Lipinski definition) is 0. The first-order chi connectivity index (χ1) is 7.25. The Morgan fingerprint density at radius 3 is 1.88 bits per heavy atom. The highest BCUT2D eigenvalue weighted by Crippen LogP contribution is 2.28. The van der Waals surface area contributed by atoms with Crippen molar-refractivity contribution in [1.29, 1.82) is 0 Å². The summed E-state index contributed by atoms with van der Waals surface area (Å²) in [6, 6.07) is 0. The van der Waals surface area contributed by atoms with Crippen LogP contribution in [0.5, 0.6) is 0 Å². The van der Waals surface area contributed by atoms with Gasteiger partial charge in [0.1, 0.15) is 6.17 Å². The van der Waals surface area contributed by atoms with Crippen LogP contribution in [0.1, 0.15) is 54.4 Å². The zero-order valence-corrected chi connectivity index (χ0v) is 11.9. The van der Waals surface area contributed by atoms with Crippen molar-refractivity contribution in [2.24, 2.45) is 23.7 Å². The molecule has 0 aliphatic carbocycles. The molecule has 0 aliphatic heterocycles. The summed E-state index contributed by atoms with van der Waals surface area (Å²) < 4.78 is 14.0. The highest BCUT2D eigenvalue weighted by molar-refractivity contribution is 4.96. The molecule has 0 amide bonds. The van der Waals surface area contributed by atoms with Gasteiger partial charge in [-0.05, 0) is 43.4 Å². The van der Waals surface area contributed by atoms with Crippen LogP contribution in [-0.2, 0) is 0 Å². The number of hydrogen-bond acceptors (Lipinski definition) is 0. The van der Waals surface area contributed by atoms with Crippen LogP contribution >= 0.6 is 0 Å². The zero-order chi connectivity index (χ0) is 12.9. The van der Waals surface area contributed by atoms with Gasteiger partial charge in [-0.25, -0.2) is 4.39 Å². The van der Waals surface area contributed by atoms with E-state index in [1.54, 1.807) is 0 Å². The van der Waals surface area contributed by atoms with Gasteiger partial charge < -0.3 is 0 Å². The number of rotatable bonds is 7. The van der Waals surface area contributed by atoms with E-state index >= 15 is 0 Å². The maximum absolute atomic E-state index is 14.0. The molecule has 0 N–H and O–H groups in total. The zero-order valence-electron chi connectivity index (χ0n) is 11.9. The lowest BCUT2D eigenvalue weighted by Crippen LogP contribution is -2.21. The van der Waals surface area contributed by atoms with E-state index in [4.69, 9.17) is 0 Å². The predicted molar refractivity (Wildman–Crippen MR) is 71.3 cm³/mol. The van der Waals surface area contributed by atoms with Gasteiger partial charge in [-0.2, -0.15) is 0 Å². The van der Waals surface area contributed by atoms with Crippen LogP contribution < -0.4 is 0 Å². The Kier molecular flexibility index (Phi) is 6.94. The van der Waals surface area contributed by atoms with E-state index in [1.807, 2.05) is 13.8 Å². The third-order valence-corrected chi connectivity index (χ3v) is 3.69. The fourth-order valence-electron chi connectivity index (χ4n) is 2.17. The second-order valence-electron chi connectivity index (χ2n) is 5.97. The minimum Gasteiger partial charge on any atom is -0.247 e. The summed E-state index contributed by atoms with van der Waals surface area (Å²) in [4.78, 5) is 0. The van der Waals surface area contributed by atoms with Gasteiger partial charge in [0.05, 0.1) is 0 Å². The van der Waals surface area contributed by atoms with E-state index in [0.29, 0.717) is 24.2 Å². The molecule has 4 unspecified atom stereocenters. The number of alkyl halides is 1. The average Bonchev–Trinajstić information content (AvgIpc) is 2.14. The molecule has 0 aromatic rings. The molecule has 0 radical (unpaired) electrons. The summed E-state index contributed by atoms with van der Waals surface area (Å²) in [6.07, 6.45) is 0.983. The second-order valence-corrected chi connectivity index (χ2v) is 5.97. The maximum atomic E-state index is 14.0. The standard InChI is InChI=1S/C15H29F/c1-10(2)8-13(6)15(16)9-12(5)14(7)11(3)4/h10,12-15H,3,8-9H2,1-2,4-7H3. The lowest BCUT2D eigenvalue weighted by molar-refractivity contribution is 0.169. The first kappa shape index (κ1) is 15.7. The molecular formula is C15H29F. The molecule has 0 heterocycles. The van der Waals surface area contributed by atoms with E-state index in [0.717, 1.165) is 12.0 Å². The van der Waals surface area contributed by atoms with Crippen LogP contribution in [0.15, 0.2) is 12.2 Å². The van der Waals surface area contributed by atoms with Crippen LogP contribution in [0.3, 0.4) is 0 Å².